The maximum atomic E-state index is 5.81. The molecule has 3 nitrogen and oxygen atoms in total. The maximum absolute atomic E-state index is 5.81. The third-order valence-corrected chi connectivity index (χ3v) is 2.19. The van der Waals surface area contributed by atoms with Crippen molar-refractivity contribution >= 4 is 0 Å². The van der Waals surface area contributed by atoms with Crippen LogP contribution in [0.25, 0.3) is 0 Å². The molecule has 0 aromatic heterocycles. The van der Waals surface area contributed by atoms with E-state index in [-0.39, 0.29) is 6.04 Å². The smallest absolute Gasteiger partial charge is 0.0626 e. The van der Waals surface area contributed by atoms with Crippen molar-refractivity contribution in [2.75, 3.05) is 33.9 Å². The van der Waals surface area contributed by atoms with Gasteiger partial charge in [0.25, 0.3) is 0 Å². The normalized spacial score (nSPS) is 20.0. The van der Waals surface area contributed by atoms with E-state index in [1.807, 2.05) is 0 Å². The molecular formula is C9H20N2O. The van der Waals surface area contributed by atoms with Gasteiger partial charge in [-0.2, -0.15) is 0 Å². The lowest BCUT2D eigenvalue weighted by Crippen LogP contribution is -2.39. The lowest BCUT2D eigenvalue weighted by molar-refractivity contribution is 0.160. The summed E-state index contributed by atoms with van der Waals surface area (Å²) in [4.78, 5) is 2.31. The van der Waals surface area contributed by atoms with Gasteiger partial charge in [0.2, 0.25) is 0 Å². The van der Waals surface area contributed by atoms with Crippen molar-refractivity contribution in [1.29, 1.82) is 0 Å². The number of likely N-dealkylation sites (N-methyl/N-ethyl adjacent to an activating group) is 1. The first-order valence-electron chi connectivity index (χ1n) is 4.65. The molecule has 1 atom stereocenters. The molecule has 0 aromatic carbocycles. The molecule has 0 aliphatic heterocycles. The molecule has 0 radical (unpaired) electrons. The Hall–Kier alpha value is -0.120. The predicted octanol–water partition coefficient (Wildman–Crippen LogP) is 0.302. The van der Waals surface area contributed by atoms with Gasteiger partial charge in [0.15, 0.2) is 0 Å². The van der Waals surface area contributed by atoms with E-state index in [2.05, 4.69) is 11.9 Å². The van der Waals surface area contributed by atoms with Crippen molar-refractivity contribution in [1.82, 2.24) is 4.90 Å². The van der Waals surface area contributed by atoms with Gasteiger partial charge in [0.05, 0.1) is 6.61 Å². The van der Waals surface area contributed by atoms with Crippen LogP contribution in [0.15, 0.2) is 0 Å². The van der Waals surface area contributed by atoms with Crippen molar-refractivity contribution in [2.24, 2.45) is 11.7 Å². The maximum Gasteiger partial charge on any atom is 0.0626 e. The van der Waals surface area contributed by atoms with E-state index in [9.17, 15) is 0 Å². The largest absolute Gasteiger partial charge is 0.383 e. The summed E-state index contributed by atoms with van der Waals surface area (Å²) in [6.45, 7) is 2.82. The molecule has 12 heavy (non-hydrogen) atoms. The van der Waals surface area contributed by atoms with E-state index in [4.69, 9.17) is 10.5 Å². The molecule has 0 aromatic rings. The zero-order chi connectivity index (χ0) is 8.97. The van der Waals surface area contributed by atoms with Crippen LogP contribution in [0.2, 0.25) is 0 Å². The molecule has 0 heterocycles. The quantitative estimate of drug-likeness (QED) is 0.626. The van der Waals surface area contributed by atoms with E-state index in [1.54, 1.807) is 7.11 Å². The third-order valence-electron chi connectivity index (χ3n) is 2.19. The second-order valence-corrected chi connectivity index (χ2v) is 3.88. The monoisotopic (exact) mass is 172 g/mol. The van der Waals surface area contributed by atoms with Crippen molar-refractivity contribution in [2.45, 2.75) is 18.9 Å². The Morgan fingerprint density at radius 2 is 2.25 bits per heavy atom. The Kier molecular flexibility index (Phi) is 3.98. The van der Waals surface area contributed by atoms with Crippen LogP contribution >= 0.6 is 0 Å². The molecule has 1 unspecified atom stereocenters. The Labute approximate surface area is 74.9 Å². The zero-order valence-electron chi connectivity index (χ0n) is 8.12. The van der Waals surface area contributed by atoms with E-state index < -0.39 is 0 Å². The van der Waals surface area contributed by atoms with Crippen molar-refractivity contribution in [3.05, 3.63) is 0 Å². The number of methoxy groups -OCH3 is 1. The van der Waals surface area contributed by atoms with Gasteiger partial charge in [-0.15, -0.1) is 0 Å². The second kappa shape index (κ2) is 4.80. The van der Waals surface area contributed by atoms with Crippen LogP contribution in [-0.2, 0) is 4.74 Å². The summed E-state index contributed by atoms with van der Waals surface area (Å²) in [5, 5.41) is 0. The molecule has 1 saturated carbocycles. The van der Waals surface area contributed by atoms with Gasteiger partial charge in [-0.25, -0.2) is 0 Å². The van der Waals surface area contributed by atoms with Crippen LogP contribution in [0.4, 0.5) is 0 Å². The number of hydrogen-bond acceptors (Lipinski definition) is 3. The molecule has 72 valence electrons. The zero-order valence-corrected chi connectivity index (χ0v) is 8.12. The van der Waals surface area contributed by atoms with Crippen LogP contribution in [-0.4, -0.2) is 44.8 Å². The molecule has 2 N–H and O–H groups in total. The van der Waals surface area contributed by atoms with Gasteiger partial charge in [-0.3, -0.25) is 0 Å². The Balaban J connectivity index is 2.02. The molecule has 0 saturated heterocycles. The molecule has 1 aliphatic rings. The highest BCUT2D eigenvalue weighted by atomic mass is 16.5. The Bertz CT molecular complexity index is 126. The fraction of sp³-hybridized carbons (Fsp3) is 1.00. The lowest BCUT2D eigenvalue weighted by atomic mass is 10.3. The van der Waals surface area contributed by atoms with Crippen molar-refractivity contribution in [3.8, 4) is 0 Å². The van der Waals surface area contributed by atoms with Gasteiger partial charge < -0.3 is 15.4 Å². The number of rotatable bonds is 6. The van der Waals surface area contributed by atoms with E-state index in [1.165, 1.54) is 19.4 Å². The minimum atomic E-state index is 0.166. The molecule has 0 spiro atoms. The van der Waals surface area contributed by atoms with Gasteiger partial charge in [-0.05, 0) is 25.8 Å². The number of hydrogen-bond donors (Lipinski definition) is 1. The summed E-state index contributed by atoms with van der Waals surface area (Å²) in [7, 11) is 3.83. The summed E-state index contributed by atoms with van der Waals surface area (Å²) in [5.41, 5.74) is 5.81. The van der Waals surface area contributed by atoms with Crippen LogP contribution < -0.4 is 5.73 Å². The number of nitrogens with zero attached hydrogens (tertiary/aromatic N) is 1. The average molecular weight is 172 g/mol. The van der Waals surface area contributed by atoms with E-state index in [0.29, 0.717) is 6.61 Å². The molecule has 0 bridgehead atoms. The molecule has 1 rings (SSSR count). The summed E-state index contributed by atoms with van der Waals surface area (Å²) in [5.74, 6) is 0.949. The molecule has 1 fully saturated rings. The summed E-state index contributed by atoms with van der Waals surface area (Å²) < 4.78 is 4.97. The van der Waals surface area contributed by atoms with Gasteiger partial charge in [-0.1, -0.05) is 0 Å². The lowest BCUT2D eigenvalue weighted by Gasteiger charge is -2.20. The van der Waals surface area contributed by atoms with E-state index >= 15 is 0 Å². The van der Waals surface area contributed by atoms with Crippen LogP contribution in [0, 0.1) is 5.92 Å². The highest BCUT2D eigenvalue weighted by Gasteiger charge is 2.23. The molecule has 3 heteroatoms. The topological polar surface area (TPSA) is 38.5 Å². The first kappa shape index (κ1) is 9.96. The summed E-state index contributed by atoms with van der Waals surface area (Å²) in [6, 6.07) is 0.166. The van der Waals surface area contributed by atoms with Gasteiger partial charge in [0, 0.05) is 26.2 Å². The highest BCUT2D eigenvalue weighted by Crippen LogP contribution is 2.29. The minimum Gasteiger partial charge on any atom is -0.383 e. The Morgan fingerprint density at radius 3 is 2.75 bits per heavy atom. The third kappa shape index (κ3) is 4.04. The first-order chi connectivity index (χ1) is 5.72. The average Bonchev–Trinajstić information content (AvgIpc) is 2.71. The molecular weight excluding hydrogens is 152 g/mol. The second-order valence-electron chi connectivity index (χ2n) is 3.88. The van der Waals surface area contributed by atoms with Crippen LogP contribution in [0.5, 0.6) is 0 Å². The highest BCUT2D eigenvalue weighted by molar-refractivity contribution is 4.77. The number of ether oxygens (including phenoxy) is 1. The predicted molar refractivity (Wildman–Crippen MR) is 50.1 cm³/mol. The fourth-order valence-electron chi connectivity index (χ4n) is 1.48. The number of nitrogens with two attached hydrogens (primary N) is 1. The van der Waals surface area contributed by atoms with E-state index in [0.717, 1.165) is 12.5 Å². The molecule has 0 amide bonds. The van der Waals surface area contributed by atoms with Gasteiger partial charge in [0.1, 0.15) is 0 Å². The van der Waals surface area contributed by atoms with Crippen molar-refractivity contribution in [3.63, 3.8) is 0 Å². The Morgan fingerprint density at radius 1 is 1.58 bits per heavy atom. The summed E-state index contributed by atoms with van der Waals surface area (Å²) >= 11 is 0. The minimum absolute atomic E-state index is 0.166. The van der Waals surface area contributed by atoms with Crippen LogP contribution in [0.1, 0.15) is 12.8 Å². The molecule has 1 aliphatic carbocycles. The van der Waals surface area contributed by atoms with Gasteiger partial charge >= 0.3 is 0 Å². The first-order valence-corrected chi connectivity index (χ1v) is 4.65. The standard InChI is InChI=1S/C9H20N2O/c1-11(5-8-3-4-8)6-9(10)7-12-2/h8-9H,3-7,10H2,1-2H3. The van der Waals surface area contributed by atoms with Crippen LogP contribution in [0.3, 0.4) is 0 Å². The fourth-order valence-corrected chi connectivity index (χ4v) is 1.48. The SMILES string of the molecule is COCC(N)CN(C)CC1CC1. The van der Waals surface area contributed by atoms with Crippen molar-refractivity contribution < 1.29 is 4.74 Å². The summed E-state index contributed by atoms with van der Waals surface area (Å²) in [6.07, 6.45) is 2.81.